The highest BCUT2D eigenvalue weighted by molar-refractivity contribution is 5.68. The van der Waals surface area contributed by atoms with E-state index >= 15 is 0 Å². The van der Waals surface area contributed by atoms with Crippen molar-refractivity contribution in [2.45, 2.75) is 71.6 Å². The maximum absolute atomic E-state index is 12.4. The largest absolute Gasteiger partial charge is 0.444 e. The van der Waals surface area contributed by atoms with Crippen molar-refractivity contribution < 1.29 is 9.53 Å². The van der Waals surface area contributed by atoms with Crippen LogP contribution in [0.15, 0.2) is 12.4 Å². The summed E-state index contributed by atoms with van der Waals surface area (Å²) in [5.74, 6) is 0. The Labute approximate surface area is 139 Å². The number of ether oxygens (including phenoxy) is 1. The highest BCUT2D eigenvalue weighted by Gasteiger charge is 2.30. The van der Waals surface area contributed by atoms with E-state index in [9.17, 15) is 4.79 Å². The third-order valence-electron chi connectivity index (χ3n) is 3.93. The van der Waals surface area contributed by atoms with Gasteiger partial charge in [-0.15, -0.1) is 0 Å². The number of nitrogens with one attached hydrogen (secondary N) is 1. The number of aromatic nitrogens is 2. The zero-order chi connectivity index (χ0) is 17.0. The fraction of sp³-hybridized carbons (Fsp3) is 0.765. The van der Waals surface area contributed by atoms with Crippen molar-refractivity contribution in [1.82, 2.24) is 14.7 Å². The van der Waals surface area contributed by atoms with E-state index in [0.717, 1.165) is 38.0 Å². The average Bonchev–Trinajstić information content (AvgIpc) is 2.92. The zero-order valence-electron chi connectivity index (χ0n) is 15.0. The normalized spacial score (nSPS) is 19.0. The number of likely N-dealkylation sites (tertiary alicyclic amines) is 1. The number of carbonyl (C=O) groups excluding carboxylic acids is 1. The zero-order valence-corrected chi connectivity index (χ0v) is 15.0. The van der Waals surface area contributed by atoms with E-state index in [1.165, 1.54) is 0 Å². The van der Waals surface area contributed by atoms with Gasteiger partial charge in [-0.25, -0.2) is 4.79 Å². The molecule has 1 atom stereocenters. The van der Waals surface area contributed by atoms with Gasteiger partial charge in [-0.2, -0.15) is 5.10 Å². The minimum absolute atomic E-state index is 0.168. The van der Waals surface area contributed by atoms with Crippen LogP contribution in [0, 0.1) is 0 Å². The fourth-order valence-electron chi connectivity index (χ4n) is 2.72. The van der Waals surface area contributed by atoms with Crippen molar-refractivity contribution in [2.75, 3.05) is 18.4 Å². The van der Waals surface area contributed by atoms with Crippen LogP contribution in [0.1, 0.15) is 59.9 Å². The maximum Gasteiger partial charge on any atom is 0.410 e. The summed E-state index contributed by atoms with van der Waals surface area (Å²) >= 11 is 0. The quantitative estimate of drug-likeness (QED) is 0.919. The molecule has 1 aliphatic rings. The second-order valence-electron chi connectivity index (χ2n) is 7.51. The number of nitrogens with zero attached hydrogens (tertiary/aromatic N) is 3. The van der Waals surface area contributed by atoms with Crippen LogP contribution in [0.4, 0.5) is 10.5 Å². The number of carbonyl (C=O) groups is 1. The molecular weight excluding hydrogens is 292 g/mol. The van der Waals surface area contributed by atoms with E-state index in [1.54, 1.807) is 0 Å². The molecule has 1 aliphatic heterocycles. The Bertz CT molecular complexity index is 519. The Morgan fingerprint density at radius 2 is 2.17 bits per heavy atom. The first-order valence-corrected chi connectivity index (χ1v) is 8.54. The number of hydrogen-bond acceptors (Lipinski definition) is 4. The van der Waals surface area contributed by atoms with E-state index in [0.29, 0.717) is 6.04 Å². The van der Waals surface area contributed by atoms with Gasteiger partial charge in [0.2, 0.25) is 0 Å². The minimum Gasteiger partial charge on any atom is -0.444 e. The summed E-state index contributed by atoms with van der Waals surface area (Å²) in [7, 11) is 0. The van der Waals surface area contributed by atoms with Gasteiger partial charge < -0.3 is 15.0 Å². The lowest BCUT2D eigenvalue weighted by Crippen LogP contribution is -2.48. The molecule has 23 heavy (non-hydrogen) atoms. The molecule has 1 N–H and O–H groups in total. The van der Waals surface area contributed by atoms with Crippen molar-refractivity contribution in [3.63, 3.8) is 0 Å². The van der Waals surface area contributed by atoms with Crippen molar-refractivity contribution in [3.05, 3.63) is 12.4 Å². The topological polar surface area (TPSA) is 59.4 Å². The molecule has 6 nitrogen and oxygen atoms in total. The van der Waals surface area contributed by atoms with Gasteiger partial charge in [0.05, 0.1) is 17.9 Å². The molecule has 0 saturated carbocycles. The van der Waals surface area contributed by atoms with E-state index in [1.807, 2.05) is 42.7 Å². The number of amides is 1. The van der Waals surface area contributed by atoms with Gasteiger partial charge in [-0.05, 0) is 53.9 Å². The summed E-state index contributed by atoms with van der Waals surface area (Å²) < 4.78 is 7.46. The molecule has 1 aromatic rings. The monoisotopic (exact) mass is 322 g/mol. The van der Waals surface area contributed by atoms with Gasteiger partial charge in [-0.3, -0.25) is 4.68 Å². The van der Waals surface area contributed by atoms with Gasteiger partial charge in [-0.1, -0.05) is 0 Å². The maximum atomic E-state index is 12.4. The molecule has 1 aromatic heterocycles. The standard InChI is InChI=1S/C17H30N4O2/c1-13(2)21-12-14(10-19-21)18-11-15-8-6-7-9-20(15)16(22)23-17(3,4)5/h10,12-13,15,18H,6-9,11H2,1-5H3. The van der Waals surface area contributed by atoms with Crippen molar-refractivity contribution in [3.8, 4) is 0 Å². The second-order valence-corrected chi connectivity index (χ2v) is 7.51. The molecule has 0 radical (unpaired) electrons. The van der Waals surface area contributed by atoms with Crippen LogP contribution in [-0.2, 0) is 4.74 Å². The molecule has 2 rings (SSSR count). The number of rotatable bonds is 4. The van der Waals surface area contributed by atoms with Crippen LogP contribution in [0.25, 0.3) is 0 Å². The Kier molecular flexibility index (Phi) is 5.55. The summed E-state index contributed by atoms with van der Waals surface area (Å²) in [5.41, 5.74) is 0.540. The van der Waals surface area contributed by atoms with E-state index < -0.39 is 5.60 Å². The predicted molar refractivity (Wildman–Crippen MR) is 91.7 cm³/mol. The summed E-state index contributed by atoms with van der Waals surface area (Å²) in [6.07, 6.45) is 6.83. The first-order valence-electron chi connectivity index (χ1n) is 8.54. The van der Waals surface area contributed by atoms with Crippen molar-refractivity contribution in [1.29, 1.82) is 0 Å². The Morgan fingerprint density at radius 3 is 2.78 bits per heavy atom. The molecule has 1 unspecified atom stereocenters. The van der Waals surface area contributed by atoms with Gasteiger partial charge in [0.15, 0.2) is 0 Å². The molecular formula is C17H30N4O2. The Hall–Kier alpha value is -1.72. The fourth-order valence-corrected chi connectivity index (χ4v) is 2.72. The molecule has 2 heterocycles. The smallest absolute Gasteiger partial charge is 0.410 e. The third kappa shape index (κ3) is 5.15. The van der Waals surface area contributed by atoms with Crippen molar-refractivity contribution in [2.24, 2.45) is 0 Å². The summed E-state index contributed by atoms with van der Waals surface area (Å²) in [6.45, 7) is 11.4. The highest BCUT2D eigenvalue weighted by Crippen LogP contribution is 2.21. The predicted octanol–water partition coefficient (Wildman–Crippen LogP) is 3.67. The van der Waals surface area contributed by atoms with E-state index in [2.05, 4.69) is 24.3 Å². The lowest BCUT2D eigenvalue weighted by atomic mass is 10.0. The second kappa shape index (κ2) is 7.23. The molecule has 1 amide bonds. The van der Waals surface area contributed by atoms with Crippen molar-refractivity contribution >= 4 is 11.8 Å². The Balaban J connectivity index is 1.94. The van der Waals surface area contributed by atoms with Crippen LogP contribution in [0.2, 0.25) is 0 Å². The Morgan fingerprint density at radius 1 is 1.43 bits per heavy atom. The van der Waals surface area contributed by atoms with Gasteiger partial charge in [0, 0.05) is 25.3 Å². The molecule has 0 spiro atoms. The first kappa shape index (κ1) is 17.6. The highest BCUT2D eigenvalue weighted by atomic mass is 16.6. The molecule has 1 fully saturated rings. The van der Waals surface area contributed by atoms with Crippen LogP contribution < -0.4 is 5.32 Å². The van der Waals surface area contributed by atoms with Crippen LogP contribution in [0.5, 0.6) is 0 Å². The molecule has 0 bridgehead atoms. The number of piperidine rings is 1. The minimum atomic E-state index is -0.453. The SMILES string of the molecule is CC(C)n1cc(NCC2CCCCN2C(=O)OC(C)(C)C)cn1. The van der Waals surface area contributed by atoms with E-state index in [4.69, 9.17) is 4.74 Å². The number of anilines is 1. The lowest BCUT2D eigenvalue weighted by Gasteiger charge is -2.36. The van der Waals surface area contributed by atoms with E-state index in [-0.39, 0.29) is 12.1 Å². The van der Waals surface area contributed by atoms with Crippen LogP contribution in [-0.4, -0.2) is 45.5 Å². The lowest BCUT2D eigenvalue weighted by molar-refractivity contribution is 0.0114. The third-order valence-corrected chi connectivity index (χ3v) is 3.93. The van der Waals surface area contributed by atoms with Gasteiger partial charge in [0.25, 0.3) is 0 Å². The molecule has 130 valence electrons. The van der Waals surface area contributed by atoms with Crippen LogP contribution >= 0.6 is 0 Å². The molecule has 6 heteroatoms. The first-order chi connectivity index (χ1) is 10.8. The summed E-state index contributed by atoms with van der Waals surface area (Å²) in [6, 6.07) is 0.513. The number of hydrogen-bond donors (Lipinski definition) is 1. The van der Waals surface area contributed by atoms with Gasteiger partial charge in [0.1, 0.15) is 5.60 Å². The average molecular weight is 322 g/mol. The summed E-state index contributed by atoms with van der Waals surface area (Å²) in [4.78, 5) is 14.3. The molecule has 0 aliphatic carbocycles. The van der Waals surface area contributed by atoms with Crippen LogP contribution in [0.3, 0.4) is 0 Å². The molecule has 0 aromatic carbocycles. The molecule has 1 saturated heterocycles. The summed E-state index contributed by atoms with van der Waals surface area (Å²) in [5, 5.41) is 7.74. The van der Waals surface area contributed by atoms with Gasteiger partial charge >= 0.3 is 6.09 Å².